The van der Waals surface area contributed by atoms with Gasteiger partial charge in [0.05, 0.1) is 10.5 Å². The fourth-order valence-corrected chi connectivity index (χ4v) is 3.19. The van der Waals surface area contributed by atoms with Gasteiger partial charge < -0.3 is 10.1 Å². The summed E-state index contributed by atoms with van der Waals surface area (Å²) in [7, 11) is -4.07. The van der Waals surface area contributed by atoms with Gasteiger partial charge in [-0.25, -0.2) is 18.4 Å². The number of sulfonamides is 1. The Bertz CT molecular complexity index is 744. The normalized spacial score (nSPS) is 12.7. The number of benzene rings is 1. The second kappa shape index (κ2) is 9.68. The summed E-state index contributed by atoms with van der Waals surface area (Å²) >= 11 is 0. The molecule has 1 rings (SSSR count). The quantitative estimate of drug-likeness (QED) is 0.633. The van der Waals surface area contributed by atoms with Crippen LogP contribution in [0.4, 0.5) is 0 Å². The van der Waals surface area contributed by atoms with Crippen molar-refractivity contribution in [3.8, 4) is 0 Å². The molecule has 1 atom stereocenters. The van der Waals surface area contributed by atoms with Crippen molar-refractivity contribution in [2.45, 2.75) is 57.9 Å². The molecule has 3 N–H and O–H groups in total. The summed E-state index contributed by atoms with van der Waals surface area (Å²) in [5.41, 5.74) is 0.498. The van der Waals surface area contributed by atoms with Crippen LogP contribution in [0.3, 0.4) is 0 Å². The van der Waals surface area contributed by atoms with E-state index in [-0.39, 0.29) is 16.5 Å². The van der Waals surface area contributed by atoms with Crippen LogP contribution in [0.15, 0.2) is 23.1 Å². The number of rotatable bonds is 9. The zero-order valence-corrected chi connectivity index (χ0v) is 16.6. The van der Waals surface area contributed by atoms with Gasteiger partial charge in [0.1, 0.15) is 0 Å². The van der Waals surface area contributed by atoms with Crippen LogP contribution in [0.5, 0.6) is 0 Å². The van der Waals surface area contributed by atoms with Gasteiger partial charge in [-0.2, -0.15) is 0 Å². The first kappa shape index (κ1) is 22.1. The maximum absolute atomic E-state index is 12.2. The van der Waals surface area contributed by atoms with E-state index in [4.69, 9.17) is 9.88 Å². The SMILES string of the molecule is Cc1ccc(S(N)(=O)=O)c(C(=O)OCC(=O)N[C@@H](C)CCCC(C)C)c1. The third-order valence-corrected chi connectivity index (χ3v) is 4.79. The zero-order chi connectivity index (χ0) is 19.9. The van der Waals surface area contributed by atoms with Gasteiger partial charge in [0.2, 0.25) is 10.0 Å². The Balaban J connectivity index is 2.62. The molecule has 26 heavy (non-hydrogen) atoms. The van der Waals surface area contributed by atoms with Crippen LogP contribution in [0.25, 0.3) is 0 Å². The number of amides is 1. The molecule has 0 aromatic heterocycles. The molecule has 0 aliphatic rings. The molecule has 0 saturated heterocycles. The molecular weight excluding hydrogens is 356 g/mol. The minimum atomic E-state index is -4.07. The number of aryl methyl sites for hydroxylation is 1. The second-order valence-corrected chi connectivity index (χ2v) is 8.44. The van der Waals surface area contributed by atoms with Crippen LogP contribution in [0, 0.1) is 12.8 Å². The number of nitrogens with two attached hydrogens (primary N) is 1. The maximum atomic E-state index is 12.2. The summed E-state index contributed by atoms with van der Waals surface area (Å²) in [6.45, 7) is 7.40. The van der Waals surface area contributed by atoms with Crippen LogP contribution in [0.1, 0.15) is 56.0 Å². The summed E-state index contributed by atoms with van der Waals surface area (Å²) in [5, 5.41) is 7.88. The molecule has 0 unspecified atom stereocenters. The summed E-state index contributed by atoms with van der Waals surface area (Å²) in [6.07, 6.45) is 2.92. The van der Waals surface area contributed by atoms with Crippen molar-refractivity contribution in [1.82, 2.24) is 5.32 Å². The van der Waals surface area contributed by atoms with Gasteiger partial charge in [0.15, 0.2) is 6.61 Å². The van der Waals surface area contributed by atoms with Crippen molar-refractivity contribution in [3.05, 3.63) is 29.3 Å². The third-order valence-electron chi connectivity index (χ3n) is 3.82. The Morgan fingerprint density at radius 3 is 2.42 bits per heavy atom. The number of carbonyl (C=O) groups excluding carboxylic acids is 2. The Kier molecular flexibility index (Phi) is 8.23. The summed E-state index contributed by atoms with van der Waals surface area (Å²) in [4.78, 5) is 23.8. The van der Waals surface area contributed by atoms with E-state index in [1.807, 2.05) is 6.92 Å². The molecule has 1 aromatic carbocycles. The molecule has 0 fully saturated rings. The van der Waals surface area contributed by atoms with E-state index in [1.165, 1.54) is 18.2 Å². The molecule has 0 heterocycles. The van der Waals surface area contributed by atoms with Gasteiger partial charge in [-0.15, -0.1) is 0 Å². The zero-order valence-electron chi connectivity index (χ0n) is 15.7. The van der Waals surface area contributed by atoms with Crippen molar-refractivity contribution in [3.63, 3.8) is 0 Å². The molecule has 0 aliphatic heterocycles. The predicted octanol–water partition coefficient (Wildman–Crippen LogP) is 2.13. The molecule has 0 saturated carbocycles. The molecule has 0 aliphatic carbocycles. The molecule has 0 radical (unpaired) electrons. The van der Waals surface area contributed by atoms with E-state index in [9.17, 15) is 18.0 Å². The highest BCUT2D eigenvalue weighted by Gasteiger charge is 2.21. The van der Waals surface area contributed by atoms with Crippen molar-refractivity contribution in [2.24, 2.45) is 11.1 Å². The molecule has 0 spiro atoms. The molecule has 0 bridgehead atoms. The molecular formula is C18H28N2O5S. The summed E-state index contributed by atoms with van der Waals surface area (Å²) in [6, 6.07) is 4.12. The number of hydrogen-bond acceptors (Lipinski definition) is 5. The van der Waals surface area contributed by atoms with Gasteiger partial charge in [-0.3, -0.25) is 4.79 Å². The molecule has 1 amide bonds. The van der Waals surface area contributed by atoms with Gasteiger partial charge in [0, 0.05) is 6.04 Å². The van der Waals surface area contributed by atoms with E-state index < -0.39 is 28.5 Å². The minimum Gasteiger partial charge on any atom is -0.452 e. The van der Waals surface area contributed by atoms with Crippen LogP contribution < -0.4 is 10.5 Å². The van der Waals surface area contributed by atoms with Crippen molar-refractivity contribution in [1.29, 1.82) is 0 Å². The highest BCUT2D eigenvalue weighted by Crippen LogP contribution is 2.17. The fourth-order valence-electron chi connectivity index (χ4n) is 2.48. The smallest absolute Gasteiger partial charge is 0.340 e. The number of primary sulfonamides is 1. The first-order valence-corrected chi connectivity index (χ1v) is 10.1. The summed E-state index contributed by atoms with van der Waals surface area (Å²) in [5.74, 6) is -0.721. The standard InChI is InChI=1S/C18H28N2O5S/c1-12(2)6-5-7-14(4)20-17(21)11-25-18(22)15-10-13(3)8-9-16(15)26(19,23)24/h8-10,12,14H,5-7,11H2,1-4H3,(H,20,21)(H2,19,23,24)/t14-/m0/s1. The Morgan fingerprint density at radius 1 is 1.19 bits per heavy atom. The van der Waals surface area contributed by atoms with Crippen LogP contribution in [-0.2, 0) is 19.6 Å². The summed E-state index contributed by atoms with van der Waals surface area (Å²) < 4.78 is 28.1. The van der Waals surface area contributed by atoms with Gasteiger partial charge in [-0.05, 0) is 38.3 Å². The Morgan fingerprint density at radius 2 is 1.85 bits per heavy atom. The van der Waals surface area contributed by atoms with E-state index in [0.717, 1.165) is 19.3 Å². The highest BCUT2D eigenvalue weighted by molar-refractivity contribution is 7.89. The highest BCUT2D eigenvalue weighted by atomic mass is 32.2. The van der Waals surface area contributed by atoms with Crippen molar-refractivity contribution >= 4 is 21.9 Å². The monoisotopic (exact) mass is 384 g/mol. The predicted molar refractivity (Wildman–Crippen MR) is 99.1 cm³/mol. The first-order valence-electron chi connectivity index (χ1n) is 8.60. The van der Waals surface area contributed by atoms with Crippen molar-refractivity contribution < 1.29 is 22.7 Å². The average Bonchev–Trinajstić information content (AvgIpc) is 2.50. The van der Waals surface area contributed by atoms with Crippen LogP contribution in [-0.4, -0.2) is 32.9 Å². The largest absolute Gasteiger partial charge is 0.452 e. The lowest BCUT2D eigenvalue weighted by molar-refractivity contribution is -0.124. The van der Waals surface area contributed by atoms with Crippen LogP contribution >= 0.6 is 0 Å². The Labute approximate surface area is 155 Å². The lowest BCUT2D eigenvalue weighted by Gasteiger charge is -2.15. The number of ether oxygens (including phenoxy) is 1. The van der Waals surface area contributed by atoms with Gasteiger partial charge >= 0.3 is 5.97 Å². The van der Waals surface area contributed by atoms with Crippen LogP contribution in [0.2, 0.25) is 0 Å². The van der Waals surface area contributed by atoms with Crippen molar-refractivity contribution in [2.75, 3.05) is 6.61 Å². The first-order chi connectivity index (χ1) is 12.0. The lowest BCUT2D eigenvalue weighted by atomic mass is 10.0. The Hall–Kier alpha value is -1.93. The second-order valence-electron chi connectivity index (χ2n) is 6.91. The van der Waals surface area contributed by atoms with Gasteiger partial charge in [-0.1, -0.05) is 38.3 Å². The van der Waals surface area contributed by atoms with E-state index in [0.29, 0.717) is 11.5 Å². The maximum Gasteiger partial charge on any atom is 0.340 e. The van der Waals surface area contributed by atoms with E-state index in [2.05, 4.69) is 19.2 Å². The number of carbonyl (C=O) groups is 2. The van der Waals surface area contributed by atoms with Gasteiger partial charge in [0.25, 0.3) is 5.91 Å². The molecule has 7 nitrogen and oxygen atoms in total. The van der Waals surface area contributed by atoms with E-state index in [1.54, 1.807) is 6.92 Å². The average molecular weight is 384 g/mol. The molecule has 146 valence electrons. The lowest BCUT2D eigenvalue weighted by Crippen LogP contribution is -2.36. The molecule has 8 heteroatoms. The number of hydrogen-bond donors (Lipinski definition) is 2. The minimum absolute atomic E-state index is 0.0288. The third kappa shape index (κ3) is 7.53. The number of nitrogens with one attached hydrogen (secondary N) is 1. The topological polar surface area (TPSA) is 116 Å². The fraction of sp³-hybridized carbons (Fsp3) is 0.556. The van der Waals surface area contributed by atoms with E-state index >= 15 is 0 Å². The number of esters is 1. The molecule has 1 aromatic rings.